The summed E-state index contributed by atoms with van der Waals surface area (Å²) in [7, 11) is 0. The Balaban J connectivity index is 0.000000302. The van der Waals surface area contributed by atoms with E-state index in [4.69, 9.17) is 0 Å². The molecule has 0 fully saturated rings. The van der Waals surface area contributed by atoms with Crippen molar-refractivity contribution in [3.63, 3.8) is 0 Å². The van der Waals surface area contributed by atoms with Crippen molar-refractivity contribution in [1.29, 1.82) is 0 Å². The molecule has 0 bridgehead atoms. The van der Waals surface area contributed by atoms with Crippen LogP contribution in [0, 0.1) is 10.8 Å². The first kappa shape index (κ1) is 35.1. The van der Waals surface area contributed by atoms with Gasteiger partial charge in [-0.25, -0.2) is 0 Å². The van der Waals surface area contributed by atoms with Crippen LogP contribution in [0.1, 0.15) is 109 Å². The number of fused-ring (bicyclic) bond motifs is 2. The van der Waals surface area contributed by atoms with Crippen molar-refractivity contribution in [2.75, 3.05) is 4.90 Å². The summed E-state index contributed by atoms with van der Waals surface area (Å²) in [5.74, 6) is 0.237. The van der Waals surface area contributed by atoms with Crippen LogP contribution >= 0.6 is 0 Å². The Kier molecular flexibility index (Phi) is 12.0. The van der Waals surface area contributed by atoms with E-state index in [2.05, 4.69) is 82.2 Å². The van der Waals surface area contributed by atoms with Gasteiger partial charge in [0.2, 0.25) is 5.91 Å². The van der Waals surface area contributed by atoms with Gasteiger partial charge in [-0.1, -0.05) is 91.8 Å². The van der Waals surface area contributed by atoms with E-state index in [9.17, 15) is 9.59 Å². The third-order valence-corrected chi connectivity index (χ3v) is 5.24. The van der Waals surface area contributed by atoms with Crippen molar-refractivity contribution in [3.05, 3.63) is 76.6 Å². The van der Waals surface area contributed by atoms with E-state index < -0.39 is 0 Å². The predicted octanol–water partition coefficient (Wildman–Crippen LogP) is 9.63. The molecule has 0 radical (unpaired) electrons. The summed E-state index contributed by atoms with van der Waals surface area (Å²) >= 11 is 0. The molecule has 0 N–H and O–H groups in total. The van der Waals surface area contributed by atoms with Crippen molar-refractivity contribution in [2.24, 2.45) is 10.8 Å². The number of carbonyl (C=O) groups excluding carboxylic acids is 1. The first-order valence-corrected chi connectivity index (χ1v) is 14.5. The Bertz CT molecular complexity index is 1270. The van der Waals surface area contributed by atoms with Crippen molar-refractivity contribution >= 4 is 22.5 Å². The smallest absolute Gasteiger partial charge is 0.251 e. The highest BCUT2D eigenvalue weighted by molar-refractivity contribution is 5.97. The largest absolute Gasteiger partial charge is 0.307 e. The first-order chi connectivity index (χ1) is 18.0. The summed E-state index contributed by atoms with van der Waals surface area (Å²) in [6, 6.07) is 19.7. The minimum absolute atomic E-state index is 0.0567. The lowest BCUT2D eigenvalue weighted by atomic mass is 9.95. The number of aromatic nitrogens is 1. The Labute approximate surface area is 244 Å². The fourth-order valence-electron chi connectivity index (χ4n) is 4.04. The van der Waals surface area contributed by atoms with E-state index in [1.807, 2.05) is 78.8 Å². The van der Waals surface area contributed by atoms with Gasteiger partial charge in [0.05, 0.1) is 5.52 Å². The maximum absolute atomic E-state index is 11.9. The topological polar surface area (TPSA) is 42.3 Å². The lowest BCUT2D eigenvalue weighted by Gasteiger charge is -2.39. The molecule has 1 amide bonds. The maximum Gasteiger partial charge on any atom is 0.251 e. The van der Waals surface area contributed by atoms with E-state index in [1.165, 1.54) is 5.56 Å². The number of benzene rings is 2. The van der Waals surface area contributed by atoms with Gasteiger partial charge in [-0.2, -0.15) is 0 Å². The Morgan fingerprint density at radius 1 is 0.550 bits per heavy atom. The highest BCUT2D eigenvalue weighted by Gasteiger charge is 2.32. The van der Waals surface area contributed by atoms with Gasteiger partial charge >= 0.3 is 0 Å². The molecule has 0 aliphatic carbocycles. The Hall–Kier alpha value is -2.88. The Morgan fingerprint density at radius 2 is 1.02 bits per heavy atom. The number of hydrogen-bond donors (Lipinski definition) is 0. The van der Waals surface area contributed by atoms with Gasteiger partial charge in [-0.3, -0.25) is 9.59 Å². The zero-order chi connectivity index (χ0) is 31.1. The number of pyridine rings is 1. The highest BCUT2D eigenvalue weighted by Crippen LogP contribution is 2.32. The summed E-state index contributed by atoms with van der Waals surface area (Å²) in [4.78, 5) is 25.7. The fraction of sp³-hybridized carbons (Fsp3) is 0.556. The lowest BCUT2D eigenvalue weighted by Crippen LogP contribution is -2.48. The highest BCUT2D eigenvalue weighted by atomic mass is 16.2. The number of nitrogens with zero attached hydrogens (tertiary/aromatic N) is 2. The van der Waals surface area contributed by atoms with Crippen LogP contribution in [0.25, 0.3) is 10.9 Å². The van der Waals surface area contributed by atoms with Crippen LogP contribution < -0.4 is 10.5 Å². The summed E-state index contributed by atoms with van der Waals surface area (Å²) in [5, 5.41) is 1.10. The molecule has 4 rings (SSSR count). The first-order valence-electron chi connectivity index (χ1n) is 14.5. The van der Waals surface area contributed by atoms with E-state index in [-0.39, 0.29) is 22.5 Å². The molecule has 0 atom stereocenters. The third kappa shape index (κ3) is 12.5. The average Bonchev–Trinajstić information content (AvgIpc) is 2.75. The molecule has 1 aliphatic heterocycles. The Morgan fingerprint density at radius 3 is 1.52 bits per heavy atom. The van der Waals surface area contributed by atoms with Crippen molar-refractivity contribution in [1.82, 2.24) is 4.57 Å². The van der Waals surface area contributed by atoms with E-state index >= 15 is 0 Å². The second-order valence-electron chi connectivity index (χ2n) is 15.8. The van der Waals surface area contributed by atoms with Gasteiger partial charge in [0.1, 0.15) is 0 Å². The van der Waals surface area contributed by atoms with Crippen LogP contribution in [-0.2, 0) is 16.8 Å². The summed E-state index contributed by atoms with van der Waals surface area (Å²) in [6.45, 7) is 29.9. The van der Waals surface area contributed by atoms with Crippen molar-refractivity contribution in [2.45, 2.75) is 121 Å². The molecule has 0 spiro atoms. The zero-order valence-corrected chi connectivity index (χ0v) is 27.9. The lowest BCUT2D eigenvalue weighted by molar-refractivity contribution is -0.119. The van der Waals surface area contributed by atoms with Crippen molar-refractivity contribution < 1.29 is 4.79 Å². The quantitative estimate of drug-likeness (QED) is 0.281. The molecule has 0 saturated carbocycles. The second-order valence-corrected chi connectivity index (χ2v) is 15.8. The van der Waals surface area contributed by atoms with Gasteiger partial charge < -0.3 is 9.47 Å². The fourth-order valence-corrected chi connectivity index (χ4v) is 4.04. The predicted molar refractivity (Wildman–Crippen MR) is 175 cm³/mol. The van der Waals surface area contributed by atoms with Crippen LogP contribution in [0.2, 0.25) is 0 Å². The number of carbonyl (C=O) groups is 1. The number of anilines is 1. The molecular formula is C36H56N2O2. The molecule has 1 aliphatic rings. The van der Waals surface area contributed by atoms with Gasteiger partial charge in [0.15, 0.2) is 0 Å². The molecule has 222 valence electrons. The number of rotatable bonds is 0. The SMILES string of the molecule is CC(C)(C)C.CC(C)(C)C.CC(C)(C)N1C(=O)CCc2ccccc21.CC(C)(C)n1c(=O)ccc2ccccc21. The van der Waals surface area contributed by atoms with Crippen LogP contribution in [0.3, 0.4) is 0 Å². The molecule has 0 unspecified atom stereocenters. The summed E-state index contributed by atoms with van der Waals surface area (Å²) < 4.78 is 1.84. The van der Waals surface area contributed by atoms with Crippen molar-refractivity contribution in [3.8, 4) is 0 Å². The standard InChI is InChI=1S/C13H17NO.C13H15NO.2C5H12/c2*1-13(2,3)14-11-7-5-4-6-10(11)8-9-12(14)15;2*1-5(2,3)4/h4-7H,8-9H2,1-3H3;4-9H,1-3H3;2*1-4H3. The molecule has 0 saturated heterocycles. The average molecular weight is 549 g/mol. The molecule has 1 aromatic heterocycles. The number of hydrogen-bond acceptors (Lipinski definition) is 2. The van der Waals surface area contributed by atoms with Crippen LogP contribution in [0.4, 0.5) is 5.69 Å². The van der Waals surface area contributed by atoms with Gasteiger partial charge in [0.25, 0.3) is 5.56 Å². The van der Waals surface area contributed by atoms with E-state index in [0.717, 1.165) is 23.0 Å². The normalized spacial score (nSPS) is 13.7. The second kappa shape index (κ2) is 13.7. The molecule has 2 aromatic carbocycles. The molecule has 4 nitrogen and oxygen atoms in total. The van der Waals surface area contributed by atoms with E-state index in [0.29, 0.717) is 17.3 Å². The van der Waals surface area contributed by atoms with E-state index in [1.54, 1.807) is 6.07 Å². The zero-order valence-electron chi connectivity index (χ0n) is 27.9. The van der Waals surface area contributed by atoms with Crippen LogP contribution in [0.5, 0.6) is 0 Å². The third-order valence-electron chi connectivity index (χ3n) is 5.24. The van der Waals surface area contributed by atoms with Crippen LogP contribution in [-0.4, -0.2) is 16.0 Å². The van der Waals surface area contributed by atoms with Gasteiger partial charge in [-0.15, -0.1) is 0 Å². The minimum Gasteiger partial charge on any atom is -0.307 e. The summed E-state index contributed by atoms with van der Waals surface area (Å²) in [5.41, 5.74) is 4.11. The molecule has 40 heavy (non-hydrogen) atoms. The van der Waals surface area contributed by atoms with Crippen LogP contribution in [0.15, 0.2) is 65.5 Å². The molecule has 3 aromatic rings. The monoisotopic (exact) mass is 548 g/mol. The molecule has 4 heteroatoms. The number of amides is 1. The number of para-hydroxylation sites is 2. The molecular weight excluding hydrogens is 492 g/mol. The number of aryl methyl sites for hydroxylation is 1. The van der Waals surface area contributed by atoms with Gasteiger partial charge in [0, 0.05) is 29.3 Å². The maximum atomic E-state index is 11.9. The van der Waals surface area contributed by atoms with Gasteiger partial charge in [-0.05, 0) is 87.9 Å². The summed E-state index contributed by atoms with van der Waals surface area (Å²) in [6.07, 6.45) is 1.51. The minimum atomic E-state index is -0.183. The molecule has 2 heterocycles.